The molecule has 2 heterocycles. The Morgan fingerprint density at radius 1 is 1.10 bits per heavy atom. The summed E-state index contributed by atoms with van der Waals surface area (Å²) in [5.41, 5.74) is 1.99. The smallest absolute Gasteiger partial charge is 0.368 e. The molecule has 0 bridgehead atoms. The minimum Gasteiger partial charge on any atom is -0.368 e. The molecule has 2 aromatic carbocycles. The summed E-state index contributed by atoms with van der Waals surface area (Å²) in [4.78, 5) is 15.1. The first-order chi connectivity index (χ1) is 13.9. The van der Waals surface area contributed by atoms with E-state index in [9.17, 15) is 18.0 Å². The number of rotatable bonds is 4. The molecule has 0 aromatic heterocycles. The molecule has 2 atom stereocenters. The Bertz CT molecular complexity index is 866. The van der Waals surface area contributed by atoms with E-state index in [0.717, 1.165) is 49.5 Å². The quantitative estimate of drug-likeness (QED) is 0.811. The van der Waals surface area contributed by atoms with E-state index in [0.29, 0.717) is 18.5 Å². The monoisotopic (exact) mass is 402 g/mol. The number of carbonyl (C=O) groups excluding carboxylic acids is 1. The van der Waals surface area contributed by atoms with Gasteiger partial charge in [-0.3, -0.25) is 4.79 Å². The summed E-state index contributed by atoms with van der Waals surface area (Å²) in [6.45, 7) is 1.32. The largest absolute Gasteiger partial charge is 0.416 e. The molecular formula is C23H25F3N2O. The number of nitrogens with zero attached hydrogens (tertiary/aromatic N) is 1. The van der Waals surface area contributed by atoms with Crippen LogP contribution in [-0.4, -0.2) is 25.0 Å². The SMILES string of the molecule is O=C(NCCc1ccccc1)[C@H]1Cc2cc(C(F)(F)F)ccc2N2CCCC[C@H]12. The number of alkyl halides is 3. The molecule has 0 spiro atoms. The second-order valence-corrected chi connectivity index (χ2v) is 7.94. The van der Waals surface area contributed by atoms with Crippen LogP contribution in [-0.2, 0) is 23.8 Å². The molecule has 29 heavy (non-hydrogen) atoms. The van der Waals surface area contributed by atoms with Gasteiger partial charge < -0.3 is 10.2 Å². The number of fused-ring (bicyclic) bond motifs is 3. The van der Waals surface area contributed by atoms with Crippen molar-refractivity contribution in [1.29, 1.82) is 0 Å². The molecule has 3 nitrogen and oxygen atoms in total. The van der Waals surface area contributed by atoms with Gasteiger partial charge >= 0.3 is 6.18 Å². The molecule has 4 rings (SSSR count). The van der Waals surface area contributed by atoms with Gasteiger partial charge in [0.05, 0.1) is 11.5 Å². The Kier molecular flexibility index (Phi) is 5.52. The average Bonchev–Trinajstić information content (AvgIpc) is 2.72. The number of halogens is 3. The van der Waals surface area contributed by atoms with Gasteiger partial charge in [-0.05, 0) is 61.4 Å². The number of nitrogens with one attached hydrogen (secondary N) is 1. The zero-order chi connectivity index (χ0) is 20.4. The molecule has 0 radical (unpaired) electrons. The van der Waals surface area contributed by atoms with Crippen LogP contribution in [0.25, 0.3) is 0 Å². The Morgan fingerprint density at radius 3 is 2.66 bits per heavy atom. The van der Waals surface area contributed by atoms with Gasteiger partial charge in [0, 0.05) is 24.8 Å². The average molecular weight is 402 g/mol. The fourth-order valence-corrected chi connectivity index (χ4v) is 4.63. The van der Waals surface area contributed by atoms with Crippen LogP contribution in [0.4, 0.5) is 18.9 Å². The first-order valence-electron chi connectivity index (χ1n) is 10.2. The van der Waals surface area contributed by atoms with Crippen molar-refractivity contribution >= 4 is 11.6 Å². The molecular weight excluding hydrogens is 377 g/mol. The van der Waals surface area contributed by atoms with Gasteiger partial charge in [0.2, 0.25) is 5.91 Å². The second kappa shape index (κ2) is 8.09. The first-order valence-corrected chi connectivity index (χ1v) is 10.2. The number of amides is 1. The molecule has 0 aliphatic carbocycles. The molecule has 1 fully saturated rings. The van der Waals surface area contributed by atoms with Crippen LogP contribution in [0.5, 0.6) is 0 Å². The lowest BCUT2D eigenvalue weighted by atomic mass is 9.80. The van der Waals surface area contributed by atoms with E-state index in [1.165, 1.54) is 6.07 Å². The lowest BCUT2D eigenvalue weighted by Crippen LogP contribution is -2.53. The topological polar surface area (TPSA) is 32.3 Å². The van der Waals surface area contributed by atoms with Crippen molar-refractivity contribution in [2.24, 2.45) is 5.92 Å². The summed E-state index contributed by atoms with van der Waals surface area (Å²) in [5, 5.41) is 3.02. The standard InChI is InChI=1S/C23H25F3N2O/c24-23(25,26)18-9-10-20-17(14-18)15-19(21-8-4-5-13-28(20)21)22(29)27-12-11-16-6-2-1-3-7-16/h1-3,6-7,9-10,14,19,21H,4-5,8,11-13,15H2,(H,27,29)/t19-,21+/m0/s1. The van der Waals surface area contributed by atoms with Gasteiger partial charge in [-0.15, -0.1) is 0 Å². The maximum absolute atomic E-state index is 13.2. The molecule has 1 amide bonds. The lowest BCUT2D eigenvalue weighted by molar-refractivity contribution is -0.137. The number of anilines is 1. The number of carbonyl (C=O) groups is 1. The van der Waals surface area contributed by atoms with Crippen LogP contribution in [0.15, 0.2) is 48.5 Å². The van der Waals surface area contributed by atoms with Crippen LogP contribution in [0.3, 0.4) is 0 Å². The van der Waals surface area contributed by atoms with Gasteiger partial charge in [0.25, 0.3) is 0 Å². The summed E-state index contributed by atoms with van der Waals surface area (Å²) in [5.74, 6) is -0.372. The van der Waals surface area contributed by atoms with Crippen molar-refractivity contribution in [3.63, 3.8) is 0 Å². The maximum atomic E-state index is 13.2. The van der Waals surface area contributed by atoms with E-state index < -0.39 is 11.7 Å². The summed E-state index contributed by atoms with van der Waals surface area (Å²) in [6.07, 6.45) is -0.331. The van der Waals surface area contributed by atoms with Crippen LogP contribution < -0.4 is 10.2 Å². The van der Waals surface area contributed by atoms with Crippen molar-refractivity contribution in [1.82, 2.24) is 5.32 Å². The number of benzene rings is 2. The van der Waals surface area contributed by atoms with Crippen molar-refractivity contribution in [3.05, 3.63) is 65.2 Å². The van der Waals surface area contributed by atoms with Crippen LogP contribution in [0.2, 0.25) is 0 Å². The Balaban J connectivity index is 1.51. The van der Waals surface area contributed by atoms with E-state index in [1.54, 1.807) is 6.07 Å². The highest BCUT2D eigenvalue weighted by Gasteiger charge is 2.40. The van der Waals surface area contributed by atoms with Crippen molar-refractivity contribution in [2.45, 2.75) is 44.3 Å². The van der Waals surface area contributed by atoms with E-state index in [1.807, 2.05) is 30.3 Å². The predicted octanol–water partition coefficient (Wildman–Crippen LogP) is 4.60. The summed E-state index contributed by atoms with van der Waals surface area (Å²) >= 11 is 0. The first kappa shape index (κ1) is 19.8. The van der Waals surface area contributed by atoms with Crippen LogP contribution in [0.1, 0.15) is 36.0 Å². The zero-order valence-electron chi connectivity index (χ0n) is 16.2. The molecule has 2 aliphatic rings. The maximum Gasteiger partial charge on any atom is 0.416 e. The number of hydrogen-bond acceptors (Lipinski definition) is 2. The molecule has 2 aromatic rings. The highest BCUT2D eigenvalue weighted by molar-refractivity contribution is 5.82. The molecule has 0 saturated carbocycles. The zero-order valence-corrected chi connectivity index (χ0v) is 16.2. The Morgan fingerprint density at radius 2 is 1.90 bits per heavy atom. The minimum atomic E-state index is -4.37. The normalized spacial score (nSPS) is 21.3. The minimum absolute atomic E-state index is 0.0547. The number of hydrogen-bond donors (Lipinski definition) is 1. The predicted molar refractivity (Wildman–Crippen MR) is 107 cm³/mol. The molecule has 2 aliphatic heterocycles. The van der Waals surface area contributed by atoms with E-state index in [-0.39, 0.29) is 17.9 Å². The number of piperidine rings is 1. The van der Waals surface area contributed by atoms with Crippen molar-refractivity contribution < 1.29 is 18.0 Å². The summed E-state index contributed by atoms with van der Waals surface area (Å²) in [7, 11) is 0. The fourth-order valence-electron chi connectivity index (χ4n) is 4.63. The summed E-state index contributed by atoms with van der Waals surface area (Å²) < 4.78 is 39.5. The van der Waals surface area contributed by atoms with Crippen LogP contribution >= 0.6 is 0 Å². The third-order valence-corrected chi connectivity index (χ3v) is 6.06. The lowest BCUT2D eigenvalue weighted by Gasteiger charge is -2.46. The van der Waals surface area contributed by atoms with Crippen molar-refractivity contribution in [2.75, 3.05) is 18.0 Å². The molecule has 0 unspecified atom stereocenters. The Labute approximate surface area is 168 Å². The molecule has 1 N–H and O–H groups in total. The van der Waals surface area contributed by atoms with Gasteiger partial charge in [0.1, 0.15) is 0 Å². The fraction of sp³-hybridized carbons (Fsp3) is 0.435. The molecule has 154 valence electrons. The van der Waals surface area contributed by atoms with E-state index in [4.69, 9.17) is 0 Å². The van der Waals surface area contributed by atoms with Gasteiger partial charge in [-0.2, -0.15) is 13.2 Å². The highest BCUT2D eigenvalue weighted by atomic mass is 19.4. The Hall–Kier alpha value is -2.50. The second-order valence-electron chi connectivity index (χ2n) is 7.94. The third-order valence-electron chi connectivity index (χ3n) is 6.06. The molecule has 6 heteroatoms. The van der Waals surface area contributed by atoms with E-state index >= 15 is 0 Å². The molecule has 1 saturated heterocycles. The van der Waals surface area contributed by atoms with Gasteiger partial charge in [-0.1, -0.05) is 30.3 Å². The highest BCUT2D eigenvalue weighted by Crippen LogP contribution is 2.41. The van der Waals surface area contributed by atoms with Crippen molar-refractivity contribution in [3.8, 4) is 0 Å². The third kappa shape index (κ3) is 4.26. The van der Waals surface area contributed by atoms with Gasteiger partial charge in [-0.25, -0.2) is 0 Å². The van der Waals surface area contributed by atoms with Crippen LogP contribution in [0, 0.1) is 5.92 Å². The van der Waals surface area contributed by atoms with E-state index in [2.05, 4.69) is 10.2 Å². The van der Waals surface area contributed by atoms with Gasteiger partial charge in [0.15, 0.2) is 0 Å². The summed E-state index contributed by atoms with van der Waals surface area (Å²) in [6, 6.07) is 13.9.